The van der Waals surface area contributed by atoms with Gasteiger partial charge in [0, 0.05) is 6.54 Å². The Hall–Kier alpha value is -0.780. The second-order valence-electron chi connectivity index (χ2n) is 3.35. The molecule has 0 aliphatic carbocycles. The van der Waals surface area contributed by atoms with E-state index in [0.717, 1.165) is 23.8 Å². The average Bonchev–Trinajstić information content (AvgIpc) is 2.34. The molecule has 16 heavy (non-hydrogen) atoms. The van der Waals surface area contributed by atoms with Crippen molar-refractivity contribution < 1.29 is 9.53 Å². The molecule has 0 saturated carbocycles. The molecule has 0 bridgehead atoms. The Kier molecular flexibility index (Phi) is 6.22. The number of benzene rings is 1. The van der Waals surface area contributed by atoms with Gasteiger partial charge in [-0.25, -0.2) is 0 Å². The Morgan fingerprint density at radius 3 is 2.81 bits per heavy atom. The van der Waals surface area contributed by atoms with Gasteiger partial charge >= 0.3 is 0 Å². The van der Waals surface area contributed by atoms with Crippen LogP contribution < -0.4 is 10.1 Å². The highest BCUT2D eigenvalue weighted by molar-refractivity contribution is 14.1. The zero-order chi connectivity index (χ0) is 11.8. The van der Waals surface area contributed by atoms with E-state index < -0.39 is 0 Å². The van der Waals surface area contributed by atoms with Crippen LogP contribution in [0.4, 0.5) is 0 Å². The summed E-state index contributed by atoms with van der Waals surface area (Å²) in [5.41, 5.74) is 0.597. The number of unbranched alkanes of at least 4 members (excludes halogenated alkanes) is 1. The van der Waals surface area contributed by atoms with Gasteiger partial charge in [-0.15, -0.1) is 0 Å². The van der Waals surface area contributed by atoms with Crippen LogP contribution in [0.2, 0.25) is 0 Å². The number of amides is 1. The number of carbonyl (C=O) groups is 1. The Balaban J connectivity index is 2.52. The minimum atomic E-state index is -0.0640. The number of ether oxygens (including phenoxy) is 1. The largest absolute Gasteiger partial charge is 0.496 e. The average molecular weight is 333 g/mol. The Morgan fingerprint density at radius 2 is 2.12 bits per heavy atom. The van der Waals surface area contributed by atoms with Crippen LogP contribution in [0.1, 0.15) is 23.2 Å². The maximum absolute atomic E-state index is 11.8. The summed E-state index contributed by atoms with van der Waals surface area (Å²) >= 11 is 2.33. The van der Waals surface area contributed by atoms with Crippen molar-refractivity contribution in [2.24, 2.45) is 0 Å². The summed E-state index contributed by atoms with van der Waals surface area (Å²) in [7, 11) is 1.57. The molecule has 0 heterocycles. The molecule has 0 radical (unpaired) electrons. The lowest BCUT2D eigenvalue weighted by atomic mass is 10.2. The molecular formula is C12H16INO2. The predicted molar refractivity (Wildman–Crippen MR) is 73.4 cm³/mol. The lowest BCUT2D eigenvalue weighted by molar-refractivity contribution is 0.0950. The molecule has 0 spiro atoms. The molecule has 1 N–H and O–H groups in total. The van der Waals surface area contributed by atoms with E-state index in [9.17, 15) is 4.79 Å². The van der Waals surface area contributed by atoms with Crippen molar-refractivity contribution in [3.8, 4) is 5.75 Å². The molecule has 88 valence electrons. The lowest BCUT2D eigenvalue weighted by Crippen LogP contribution is -2.24. The molecule has 0 atom stereocenters. The smallest absolute Gasteiger partial charge is 0.255 e. The molecule has 0 aliphatic rings. The number of hydrogen-bond acceptors (Lipinski definition) is 2. The summed E-state index contributed by atoms with van der Waals surface area (Å²) < 4.78 is 6.26. The molecule has 0 unspecified atom stereocenters. The molecule has 3 nitrogen and oxygen atoms in total. The number of halogens is 1. The molecule has 1 amide bonds. The molecular weight excluding hydrogens is 317 g/mol. The van der Waals surface area contributed by atoms with Gasteiger partial charge in [-0.05, 0) is 29.4 Å². The zero-order valence-electron chi connectivity index (χ0n) is 9.33. The van der Waals surface area contributed by atoms with Gasteiger partial charge in [0.2, 0.25) is 0 Å². The summed E-state index contributed by atoms with van der Waals surface area (Å²) in [6, 6.07) is 7.25. The summed E-state index contributed by atoms with van der Waals surface area (Å²) in [4.78, 5) is 11.8. The second-order valence-corrected chi connectivity index (χ2v) is 4.43. The van der Waals surface area contributed by atoms with Gasteiger partial charge in [0.1, 0.15) is 5.75 Å². The van der Waals surface area contributed by atoms with Crippen LogP contribution in [-0.4, -0.2) is 24.0 Å². The molecule has 0 aliphatic heterocycles. The Morgan fingerprint density at radius 1 is 1.38 bits per heavy atom. The fourth-order valence-corrected chi connectivity index (χ4v) is 1.89. The van der Waals surface area contributed by atoms with Gasteiger partial charge in [-0.2, -0.15) is 0 Å². The first-order valence-electron chi connectivity index (χ1n) is 5.26. The minimum absolute atomic E-state index is 0.0640. The van der Waals surface area contributed by atoms with Crippen LogP contribution in [-0.2, 0) is 0 Å². The maximum atomic E-state index is 11.8. The van der Waals surface area contributed by atoms with Gasteiger partial charge in [0.25, 0.3) is 5.91 Å². The third-order valence-corrected chi connectivity index (χ3v) is 2.96. The van der Waals surface area contributed by atoms with Crippen molar-refractivity contribution in [1.82, 2.24) is 5.32 Å². The van der Waals surface area contributed by atoms with E-state index in [1.807, 2.05) is 12.1 Å². The Bertz CT molecular complexity index is 342. The highest BCUT2D eigenvalue weighted by Crippen LogP contribution is 2.16. The molecule has 4 heteroatoms. The summed E-state index contributed by atoms with van der Waals surface area (Å²) in [5.74, 6) is 0.555. The summed E-state index contributed by atoms with van der Waals surface area (Å²) in [6.07, 6.45) is 2.15. The van der Waals surface area contributed by atoms with Crippen molar-refractivity contribution in [3.63, 3.8) is 0 Å². The molecule has 0 saturated heterocycles. The minimum Gasteiger partial charge on any atom is -0.496 e. The lowest BCUT2D eigenvalue weighted by Gasteiger charge is -2.08. The normalized spacial score (nSPS) is 9.88. The van der Waals surface area contributed by atoms with E-state index in [0.29, 0.717) is 11.3 Å². The fraction of sp³-hybridized carbons (Fsp3) is 0.417. The van der Waals surface area contributed by atoms with Crippen LogP contribution in [0.5, 0.6) is 5.75 Å². The fourth-order valence-electron chi connectivity index (χ4n) is 1.35. The molecule has 0 fully saturated rings. The topological polar surface area (TPSA) is 38.3 Å². The first-order valence-corrected chi connectivity index (χ1v) is 6.79. The number of para-hydroxylation sites is 1. The van der Waals surface area contributed by atoms with E-state index in [4.69, 9.17) is 4.74 Å². The van der Waals surface area contributed by atoms with Crippen molar-refractivity contribution in [2.75, 3.05) is 18.1 Å². The van der Waals surface area contributed by atoms with Gasteiger partial charge in [-0.1, -0.05) is 34.7 Å². The van der Waals surface area contributed by atoms with Gasteiger partial charge in [-0.3, -0.25) is 4.79 Å². The van der Waals surface area contributed by atoms with Crippen LogP contribution in [0.3, 0.4) is 0 Å². The van der Waals surface area contributed by atoms with Crippen LogP contribution in [0.25, 0.3) is 0 Å². The van der Waals surface area contributed by atoms with Crippen molar-refractivity contribution >= 4 is 28.5 Å². The van der Waals surface area contributed by atoms with E-state index >= 15 is 0 Å². The number of nitrogens with one attached hydrogen (secondary N) is 1. The van der Waals surface area contributed by atoms with E-state index in [1.54, 1.807) is 19.2 Å². The number of carbonyl (C=O) groups excluding carboxylic acids is 1. The van der Waals surface area contributed by atoms with Crippen LogP contribution in [0.15, 0.2) is 24.3 Å². The van der Waals surface area contributed by atoms with Gasteiger partial charge in [0.15, 0.2) is 0 Å². The number of rotatable bonds is 6. The Labute approximate surface area is 110 Å². The SMILES string of the molecule is COc1ccccc1C(=O)NCCCCI. The maximum Gasteiger partial charge on any atom is 0.255 e. The quantitative estimate of drug-likeness (QED) is 0.494. The van der Waals surface area contributed by atoms with Crippen molar-refractivity contribution in [3.05, 3.63) is 29.8 Å². The predicted octanol–water partition coefficient (Wildman–Crippen LogP) is 2.64. The highest BCUT2D eigenvalue weighted by atomic mass is 127. The standard InChI is InChI=1S/C12H16INO2/c1-16-11-7-3-2-6-10(11)12(15)14-9-5-4-8-13/h2-3,6-7H,4-5,8-9H2,1H3,(H,14,15). The van der Waals surface area contributed by atoms with E-state index in [2.05, 4.69) is 27.9 Å². The van der Waals surface area contributed by atoms with Gasteiger partial charge < -0.3 is 10.1 Å². The second kappa shape index (κ2) is 7.49. The number of methoxy groups -OCH3 is 1. The first kappa shape index (κ1) is 13.3. The van der Waals surface area contributed by atoms with Crippen molar-refractivity contribution in [1.29, 1.82) is 0 Å². The molecule has 1 aromatic rings. The number of alkyl halides is 1. The summed E-state index contributed by atoms with van der Waals surface area (Å²) in [6.45, 7) is 0.722. The van der Waals surface area contributed by atoms with Crippen LogP contribution >= 0.6 is 22.6 Å². The highest BCUT2D eigenvalue weighted by Gasteiger charge is 2.09. The first-order chi connectivity index (χ1) is 7.79. The van der Waals surface area contributed by atoms with Gasteiger partial charge in [0.05, 0.1) is 12.7 Å². The monoisotopic (exact) mass is 333 g/mol. The third-order valence-electron chi connectivity index (χ3n) is 2.20. The zero-order valence-corrected chi connectivity index (χ0v) is 11.5. The summed E-state index contributed by atoms with van der Waals surface area (Å²) in [5, 5.41) is 2.89. The van der Waals surface area contributed by atoms with E-state index in [-0.39, 0.29) is 5.91 Å². The molecule has 1 rings (SSSR count). The third kappa shape index (κ3) is 4.00. The van der Waals surface area contributed by atoms with E-state index in [1.165, 1.54) is 0 Å². The van der Waals surface area contributed by atoms with Crippen molar-refractivity contribution in [2.45, 2.75) is 12.8 Å². The van der Waals surface area contributed by atoms with Crippen LogP contribution in [0, 0.1) is 0 Å². The number of hydrogen-bond donors (Lipinski definition) is 1. The molecule has 1 aromatic carbocycles. The molecule has 0 aromatic heterocycles.